The predicted octanol–water partition coefficient (Wildman–Crippen LogP) is 5.82. The van der Waals surface area contributed by atoms with Crippen molar-refractivity contribution in [3.8, 4) is 17.4 Å². The van der Waals surface area contributed by atoms with E-state index in [0.29, 0.717) is 28.8 Å². The number of hydrogen-bond acceptors (Lipinski definition) is 5. The van der Waals surface area contributed by atoms with Crippen molar-refractivity contribution in [1.29, 1.82) is 0 Å². The van der Waals surface area contributed by atoms with Crippen LogP contribution in [0, 0.1) is 26.6 Å². The summed E-state index contributed by atoms with van der Waals surface area (Å²) in [5, 5.41) is 9.70. The van der Waals surface area contributed by atoms with E-state index in [1.807, 2.05) is 20.8 Å². The van der Waals surface area contributed by atoms with Crippen molar-refractivity contribution in [2.24, 2.45) is 0 Å². The Morgan fingerprint density at radius 1 is 1.00 bits per heavy atom. The van der Waals surface area contributed by atoms with Crippen LogP contribution in [-0.4, -0.2) is 25.8 Å². The van der Waals surface area contributed by atoms with Gasteiger partial charge in [-0.2, -0.15) is 5.10 Å². The SMILES string of the molecule is Cc1nn(-c2cc(Oc3ccc(NC(=O)Nc4ccc(F)c(Cl)c4)cc3)ncn2)c(C)c1C. The number of amides is 2. The van der Waals surface area contributed by atoms with E-state index < -0.39 is 11.8 Å². The van der Waals surface area contributed by atoms with Gasteiger partial charge in [-0.3, -0.25) is 0 Å². The maximum atomic E-state index is 13.2. The summed E-state index contributed by atoms with van der Waals surface area (Å²) in [7, 11) is 0. The zero-order chi connectivity index (χ0) is 23.5. The summed E-state index contributed by atoms with van der Waals surface area (Å²) in [5.74, 6) is 0.931. The van der Waals surface area contributed by atoms with Crippen molar-refractivity contribution >= 4 is 29.0 Å². The molecule has 0 spiro atoms. The Balaban J connectivity index is 1.41. The predicted molar refractivity (Wildman–Crippen MR) is 124 cm³/mol. The summed E-state index contributed by atoms with van der Waals surface area (Å²) in [6.07, 6.45) is 1.42. The first-order valence-corrected chi connectivity index (χ1v) is 10.3. The first kappa shape index (κ1) is 22.2. The topological polar surface area (TPSA) is 94.0 Å². The van der Waals surface area contributed by atoms with Crippen LogP contribution in [0.4, 0.5) is 20.6 Å². The third-order valence-electron chi connectivity index (χ3n) is 5.01. The molecule has 0 saturated carbocycles. The lowest BCUT2D eigenvalue weighted by Gasteiger charge is -2.10. The van der Waals surface area contributed by atoms with E-state index in [-0.39, 0.29) is 5.02 Å². The van der Waals surface area contributed by atoms with E-state index in [9.17, 15) is 9.18 Å². The number of carbonyl (C=O) groups is 1. The van der Waals surface area contributed by atoms with Gasteiger partial charge in [-0.25, -0.2) is 23.8 Å². The molecule has 10 heteroatoms. The van der Waals surface area contributed by atoms with Crippen molar-refractivity contribution in [2.75, 3.05) is 10.6 Å². The number of nitrogens with one attached hydrogen (secondary N) is 2. The molecule has 2 aromatic heterocycles. The van der Waals surface area contributed by atoms with Gasteiger partial charge in [0.05, 0.1) is 10.7 Å². The van der Waals surface area contributed by atoms with Crippen LogP contribution in [0.15, 0.2) is 54.9 Å². The molecule has 0 aliphatic carbocycles. The van der Waals surface area contributed by atoms with Gasteiger partial charge in [-0.1, -0.05) is 11.6 Å². The first-order valence-electron chi connectivity index (χ1n) is 9.96. The lowest BCUT2D eigenvalue weighted by molar-refractivity contribution is 0.262. The molecule has 2 N–H and O–H groups in total. The quantitative estimate of drug-likeness (QED) is 0.386. The second kappa shape index (κ2) is 9.25. The molecule has 168 valence electrons. The molecule has 2 heterocycles. The molecule has 0 radical (unpaired) electrons. The summed E-state index contributed by atoms with van der Waals surface area (Å²) in [5.41, 5.74) is 3.94. The number of anilines is 2. The van der Waals surface area contributed by atoms with Gasteiger partial charge in [-0.05, 0) is 68.8 Å². The Hall–Kier alpha value is -3.98. The summed E-state index contributed by atoms with van der Waals surface area (Å²) in [4.78, 5) is 20.6. The standard InChI is InChI=1S/C23H20ClFN6O2/c1-13-14(2)30-31(15(13)3)21-11-22(27-12-26-21)33-18-7-4-16(5-8-18)28-23(32)29-17-6-9-20(25)19(24)10-17/h4-12H,1-3H3,(H2,28,29,32). The van der Waals surface area contributed by atoms with Crippen molar-refractivity contribution in [1.82, 2.24) is 19.7 Å². The number of aryl methyl sites for hydroxylation is 1. The Bertz CT molecular complexity index is 1320. The lowest BCUT2D eigenvalue weighted by atomic mass is 10.2. The molecule has 0 aliphatic rings. The number of urea groups is 1. The van der Waals surface area contributed by atoms with Crippen LogP contribution in [0.25, 0.3) is 5.82 Å². The number of carbonyl (C=O) groups excluding carboxylic acids is 1. The molecule has 0 unspecified atom stereocenters. The van der Waals surface area contributed by atoms with E-state index in [2.05, 4.69) is 25.7 Å². The minimum absolute atomic E-state index is 0.0739. The third kappa shape index (κ3) is 5.09. The Morgan fingerprint density at radius 3 is 2.36 bits per heavy atom. The zero-order valence-electron chi connectivity index (χ0n) is 18.1. The number of benzene rings is 2. The van der Waals surface area contributed by atoms with Gasteiger partial charge in [0, 0.05) is 23.1 Å². The van der Waals surface area contributed by atoms with Crippen LogP contribution in [-0.2, 0) is 0 Å². The molecule has 2 amide bonds. The second-order valence-corrected chi connectivity index (χ2v) is 7.66. The number of rotatable bonds is 5. The van der Waals surface area contributed by atoms with Gasteiger partial charge < -0.3 is 15.4 Å². The normalized spacial score (nSPS) is 10.7. The maximum absolute atomic E-state index is 13.2. The fourth-order valence-corrected chi connectivity index (χ4v) is 3.22. The molecule has 0 saturated heterocycles. The lowest BCUT2D eigenvalue weighted by Crippen LogP contribution is -2.19. The Kier molecular flexibility index (Phi) is 6.23. The highest BCUT2D eigenvalue weighted by molar-refractivity contribution is 6.31. The average molecular weight is 467 g/mol. The molecule has 4 aromatic rings. The second-order valence-electron chi connectivity index (χ2n) is 7.26. The highest BCUT2D eigenvalue weighted by Crippen LogP contribution is 2.24. The molecular formula is C23H20ClFN6O2. The van der Waals surface area contributed by atoms with Crippen molar-refractivity contribution < 1.29 is 13.9 Å². The summed E-state index contributed by atoms with van der Waals surface area (Å²) in [6.45, 7) is 5.93. The number of hydrogen-bond donors (Lipinski definition) is 2. The number of ether oxygens (including phenoxy) is 1. The highest BCUT2D eigenvalue weighted by Gasteiger charge is 2.12. The molecule has 0 bridgehead atoms. The van der Waals surface area contributed by atoms with Crippen molar-refractivity contribution in [3.05, 3.63) is 82.6 Å². The van der Waals surface area contributed by atoms with Crippen molar-refractivity contribution in [3.63, 3.8) is 0 Å². The minimum atomic E-state index is -0.556. The zero-order valence-corrected chi connectivity index (χ0v) is 18.8. The number of halogens is 2. The van der Waals surface area contributed by atoms with Crippen LogP contribution in [0.3, 0.4) is 0 Å². The van der Waals surface area contributed by atoms with E-state index in [4.69, 9.17) is 16.3 Å². The largest absolute Gasteiger partial charge is 0.439 e. The molecule has 2 aromatic carbocycles. The fraction of sp³-hybridized carbons (Fsp3) is 0.130. The van der Waals surface area contributed by atoms with Gasteiger partial charge in [0.2, 0.25) is 5.88 Å². The van der Waals surface area contributed by atoms with Crippen LogP contribution in [0.2, 0.25) is 5.02 Å². The summed E-state index contributed by atoms with van der Waals surface area (Å²) >= 11 is 5.73. The van der Waals surface area contributed by atoms with Gasteiger partial charge in [-0.15, -0.1) is 0 Å². The minimum Gasteiger partial charge on any atom is -0.439 e. The van der Waals surface area contributed by atoms with Gasteiger partial charge in [0.15, 0.2) is 5.82 Å². The van der Waals surface area contributed by atoms with Crippen molar-refractivity contribution in [2.45, 2.75) is 20.8 Å². The highest BCUT2D eigenvalue weighted by atomic mass is 35.5. The van der Waals surface area contributed by atoms with Gasteiger partial charge >= 0.3 is 6.03 Å². The van der Waals surface area contributed by atoms with Crippen LogP contribution >= 0.6 is 11.6 Å². The molecule has 0 atom stereocenters. The third-order valence-corrected chi connectivity index (χ3v) is 5.30. The summed E-state index contributed by atoms with van der Waals surface area (Å²) in [6, 6.07) is 11.9. The Labute approximate surface area is 194 Å². The molecule has 0 fully saturated rings. The van der Waals surface area contributed by atoms with Crippen LogP contribution in [0.5, 0.6) is 11.6 Å². The van der Waals surface area contributed by atoms with E-state index in [1.165, 1.54) is 24.5 Å². The Morgan fingerprint density at radius 2 is 1.70 bits per heavy atom. The average Bonchev–Trinajstić information content (AvgIpc) is 3.05. The van der Waals surface area contributed by atoms with Crippen LogP contribution in [0.1, 0.15) is 17.0 Å². The number of aromatic nitrogens is 4. The van der Waals surface area contributed by atoms with E-state index in [1.54, 1.807) is 35.0 Å². The van der Waals surface area contributed by atoms with Gasteiger partial charge in [0.25, 0.3) is 0 Å². The summed E-state index contributed by atoms with van der Waals surface area (Å²) < 4.78 is 20.8. The monoisotopic (exact) mass is 466 g/mol. The maximum Gasteiger partial charge on any atom is 0.323 e. The molecule has 8 nitrogen and oxygen atoms in total. The molecule has 4 rings (SSSR count). The smallest absolute Gasteiger partial charge is 0.323 e. The molecule has 33 heavy (non-hydrogen) atoms. The van der Waals surface area contributed by atoms with Crippen LogP contribution < -0.4 is 15.4 Å². The first-order chi connectivity index (χ1) is 15.8. The van der Waals surface area contributed by atoms with E-state index in [0.717, 1.165) is 17.0 Å². The van der Waals surface area contributed by atoms with Gasteiger partial charge in [0.1, 0.15) is 17.9 Å². The molecular weight excluding hydrogens is 447 g/mol. The number of nitrogens with zero attached hydrogens (tertiary/aromatic N) is 4. The van der Waals surface area contributed by atoms with E-state index >= 15 is 0 Å². The fourth-order valence-electron chi connectivity index (χ4n) is 3.04. The molecule has 0 aliphatic heterocycles.